The van der Waals surface area contributed by atoms with Crippen LogP contribution in [-0.2, 0) is 20.6 Å². The Labute approximate surface area is 143 Å². The Bertz CT molecular complexity index is 715. The van der Waals surface area contributed by atoms with E-state index in [9.17, 15) is 9.59 Å². The van der Waals surface area contributed by atoms with Gasteiger partial charge in [0.25, 0.3) is 0 Å². The van der Waals surface area contributed by atoms with Crippen LogP contribution in [0.5, 0.6) is 0 Å². The number of ketones is 1. The number of benzene rings is 1. The van der Waals surface area contributed by atoms with Gasteiger partial charge in [0.05, 0.1) is 7.11 Å². The van der Waals surface area contributed by atoms with Crippen molar-refractivity contribution in [1.82, 2.24) is 4.90 Å². The van der Waals surface area contributed by atoms with Gasteiger partial charge in [0.15, 0.2) is 10.9 Å². The van der Waals surface area contributed by atoms with E-state index >= 15 is 0 Å². The molecule has 6 nitrogen and oxygen atoms in total. The van der Waals surface area contributed by atoms with Crippen LogP contribution < -0.4 is 0 Å². The second-order valence-corrected chi connectivity index (χ2v) is 6.09. The van der Waals surface area contributed by atoms with Gasteiger partial charge in [-0.15, -0.1) is 0 Å². The van der Waals surface area contributed by atoms with Crippen LogP contribution in [-0.4, -0.2) is 30.2 Å². The first-order valence-electron chi connectivity index (χ1n) is 7.53. The lowest BCUT2D eigenvalue weighted by Crippen LogP contribution is -2.29. The average Bonchev–Trinajstić information content (AvgIpc) is 3.21. The molecule has 1 atom stereocenters. The fourth-order valence-electron chi connectivity index (χ4n) is 2.68. The van der Waals surface area contributed by atoms with Crippen molar-refractivity contribution in [2.75, 3.05) is 13.7 Å². The van der Waals surface area contributed by atoms with Crippen LogP contribution in [0.1, 0.15) is 22.5 Å². The lowest BCUT2D eigenvalue weighted by atomic mass is 10.0. The van der Waals surface area contributed by atoms with E-state index in [1.165, 1.54) is 7.11 Å². The van der Waals surface area contributed by atoms with Gasteiger partial charge in [0.1, 0.15) is 18.0 Å². The summed E-state index contributed by atoms with van der Waals surface area (Å²) in [5.74, 6) is -0.958. The Morgan fingerprint density at radius 3 is 2.83 bits per heavy atom. The molecule has 1 aliphatic rings. The van der Waals surface area contributed by atoms with E-state index in [0.717, 1.165) is 17.6 Å². The van der Waals surface area contributed by atoms with Crippen LogP contribution in [0, 0.1) is 5.92 Å². The summed E-state index contributed by atoms with van der Waals surface area (Å²) in [5, 5.41) is 0.395. The number of carbonyl (C=O) groups is 2. The predicted molar refractivity (Wildman–Crippen MR) is 87.0 cm³/mol. The zero-order chi connectivity index (χ0) is 16.9. The van der Waals surface area contributed by atoms with Crippen LogP contribution in [0.2, 0.25) is 0 Å². The molecular formula is C17H17NO5S. The van der Waals surface area contributed by atoms with E-state index in [1.54, 1.807) is 17.0 Å². The first-order chi connectivity index (χ1) is 11.7. The highest BCUT2D eigenvalue weighted by Crippen LogP contribution is 2.27. The van der Waals surface area contributed by atoms with Crippen molar-refractivity contribution in [3.63, 3.8) is 0 Å². The van der Waals surface area contributed by atoms with Crippen LogP contribution in [0.25, 0.3) is 0 Å². The minimum atomic E-state index is -0.680. The number of hydrogen-bond donors (Lipinski definition) is 0. The molecule has 1 aliphatic heterocycles. The lowest BCUT2D eigenvalue weighted by Gasteiger charge is -2.16. The van der Waals surface area contributed by atoms with Gasteiger partial charge in [-0.25, -0.2) is 4.89 Å². The molecule has 0 saturated carbocycles. The van der Waals surface area contributed by atoms with E-state index in [0.29, 0.717) is 24.6 Å². The molecule has 0 radical (unpaired) electrons. The number of hydrogen-bond acceptors (Lipinski definition) is 6. The van der Waals surface area contributed by atoms with Crippen molar-refractivity contribution in [3.8, 4) is 0 Å². The molecule has 1 fully saturated rings. The van der Waals surface area contributed by atoms with Crippen molar-refractivity contribution < 1.29 is 23.2 Å². The molecule has 1 aromatic heterocycles. The molecule has 7 heteroatoms. The normalized spacial score (nSPS) is 17.5. The van der Waals surface area contributed by atoms with Crippen molar-refractivity contribution >= 4 is 23.7 Å². The number of nitrogens with zero attached hydrogens (tertiary/aromatic N) is 1. The van der Waals surface area contributed by atoms with Gasteiger partial charge in [-0.05, 0) is 24.1 Å². The zero-order valence-corrected chi connectivity index (χ0v) is 14.0. The molecule has 1 amide bonds. The van der Waals surface area contributed by atoms with Gasteiger partial charge in [0, 0.05) is 13.1 Å². The quantitative estimate of drug-likeness (QED) is 0.252. The van der Waals surface area contributed by atoms with Crippen LogP contribution in [0.3, 0.4) is 0 Å². The van der Waals surface area contributed by atoms with E-state index in [4.69, 9.17) is 4.42 Å². The highest BCUT2D eigenvalue weighted by molar-refractivity contribution is 7.94. The smallest absolute Gasteiger partial charge is 0.234 e. The maximum Gasteiger partial charge on any atom is 0.234 e. The van der Waals surface area contributed by atoms with E-state index < -0.39 is 5.92 Å². The van der Waals surface area contributed by atoms with Crippen molar-refractivity contribution in [3.05, 3.63) is 53.8 Å². The summed E-state index contributed by atoms with van der Waals surface area (Å²) in [6.07, 6.45) is 0.502. The highest BCUT2D eigenvalue weighted by Gasteiger charge is 2.38. The Kier molecular flexibility index (Phi) is 5.34. The van der Waals surface area contributed by atoms with Gasteiger partial charge < -0.3 is 9.32 Å². The third-order valence-electron chi connectivity index (χ3n) is 3.84. The minimum Gasteiger partial charge on any atom is -0.444 e. The first kappa shape index (κ1) is 16.8. The van der Waals surface area contributed by atoms with Gasteiger partial charge >= 0.3 is 0 Å². The second-order valence-electron chi connectivity index (χ2n) is 5.39. The largest absolute Gasteiger partial charge is 0.444 e. The van der Waals surface area contributed by atoms with Crippen LogP contribution in [0.15, 0.2) is 52.0 Å². The zero-order valence-electron chi connectivity index (χ0n) is 13.1. The number of rotatable bonds is 7. The highest BCUT2D eigenvalue weighted by atomic mass is 32.2. The lowest BCUT2D eigenvalue weighted by molar-refractivity contribution is -0.160. The molecule has 1 unspecified atom stereocenters. The third kappa shape index (κ3) is 3.69. The van der Waals surface area contributed by atoms with E-state index in [1.807, 2.05) is 30.3 Å². The summed E-state index contributed by atoms with van der Waals surface area (Å²) >= 11 is 0.868. The van der Waals surface area contributed by atoms with Crippen LogP contribution >= 0.6 is 12.0 Å². The van der Waals surface area contributed by atoms with Crippen molar-refractivity contribution in [1.29, 1.82) is 0 Å². The van der Waals surface area contributed by atoms with E-state index in [2.05, 4.69) is 9.22 Å². The summed E-state index contributed by atoms with van der Waals surface area (Å²) in [5.41, 5.74) is 1.05. The average molecular weight is 347 g/mol. The summed E-state index contributed by atoms with van der Waals surface area (Å²) in [6, 6.07) is 12.9. The van der Waals surface area contributed by atoms with Gasteiger partial charge in [-0.3, -0.25) is 9.59 Å². The van der Waals surface area contributed by atoms with Gasteiger partial charge in [-0.1, -0.05) is 30.3 Å². The minimum absolute atomic E-state index is 0.150. The fourth-order valence-corrected chi connectivity index (χ4v) is 3.06. The fraction of sp³-hybridized carbons (Fsp3) is 0.294. The number of Topliss-reactive ketones (excluding diaryl/α,β-unsaturated/α-hetero) is 1. The van der Waals surface area contributed by atoms with Gasteiger partial charge in [-0.2, -0.15) is 4.33 Å². The van der Waals surface area contributed by atoms with Crippen molar-refractivity contribution in [2.24, 2.45) is 5.92 Å². The molecule has 2 heterocycles. The van der Waals surface area contributed by atoms with Gasteiger partial charge in [0.2, 0.25) is 11.7 Å². The molecular weight excluding hydrogens is 330 g/mol. The monoisotopic (exact) mass is 347 g/mol. The Balaban J connectivity index is 1.64. The molecule has 0 spiro atoms. The SMILES string of the molecule is COOSc1ccc(C(=O)C2CCN(Cc3ccccc3)C2=O)o1. The molecule has 0 aliphatic carbocycles. The van der Waals surface area contributed by atoms with E-state index in [-0.39, 0.29) is 17.5 Å². The Morgan fingerprint density at radius 2 is 2.08 bits per heavy atom. The first-order valence-corrected chi connectivity index (χ1v) is 8.27. The molecule has 126 valence electrons. The molecule has 0 bridgehead atoms. The Hall–Kier alpha value is -2.09. The van der Waals surface area contributed by atoms with Crippen LogP contribution in [0.4, 0.5) is 0 Å². The molecule has 24 heavy (non-hydrogen) atoms. The molecule has 1 saturated heterocycles. The number of likely N-dealkylation sites (tertiary alicyclic amines) is 1. The summed E-state index contributed by atoms with van der Waals surface area (Å²) in [7, 11) is 1.38. The summed E-state index contributed by atoms with van der Waals surface area (Å²) in [4.78, 5) is 31.2. The maximum atomic E-state index is 12.5. The predicted octanol–water partition coefficient (Wildman–Crippen LogP) is 3.10. The maximum absolute atomic E-state index is 12.5. The molecule has 1 aromatic carbocycles. The molecule has 2 aromatic rings. The Morgan fingerprint density at radius 1 is 1.29 bits per heavy atom. The second kappa shape index (κ2) is 7.65. The summed E-state index contributed by atoms with van der Waals surface area (Å²) < 4.78 is 10.1. The standard InChI is InChI=1S/C17H17NO5S/c1-21-23-24-15-8-7-14(22-15)16(19)13-9-10-18(17(13)20)11-12-5-3-2-4-6-12/h2-8,13H,9-11H2,1H3. The third-order valence-corrected chi connectivity index (χ3v) is 4.43. The number of carbonyl (C=O) groups excluding carboxylic acids is 2. The number of amides is 1. The molecule has 0 N–H and O–H groups in total. The molecule has 3 rings (SSSR count). The number of furan rings is 1. The summed E-state index contributed by atoms with van der Waals surface area (Å²) in [6.45, 7) is 1.09. The topological polar surface area (TPSA) is 69.0 Å². The van der Waals surface area contributed by atoms with Crippen molar-refractivity contribution in [2.45, 2.75) is 18.1 Å².